The van der Waals surface area contributed by atoms with Gasteiger partial charge in [0.2, 0.25) is 17.7 Å². The number of nitrogens with two attached hydrogens (primary N) is 1. The van der Waals surface area contributed by atoms with Gasteiger partial charge in [0, 0.05) is 0 Å². The number of H-pyrrole nitrogens is 1. The minimum atomic E-state index is -4.63. The molecule has 4 N–H and O–H groups in total. The predicted molar refractivity (Wildman–Crippen MR) is 64.8 cm³/mol. The summed E-state index contributed by atoms with van der Waals surface area (Å²) in [5.74, 6) is -2.34. The Hall–Kier alpha value is -1.35. The fourth-order valence-electron chi connectivity index (χ4n) is 1.32. The number of anilines is 1. The van der Waals surface area contributed by atoms with Crippen molar-refractivity contribution in [1.29, 1.82) is 0 Å². The Kier molecular flexibility index (Phi) is 5.76. The molecule has 10 heteroatoms. The van der Waals surface area contributed by atoms with Crippen LogP contribution in [0.2, 0.25) is 0 Å². The number of rotatable bonds is 4. The molecule has 0 spiro atoms. The van der Waals surface area contributed by atoms with Gasteiger partial charge in [-0.2, -0.15) is 18.2 Å². The van der Waals surface area contributed by atoms with Crippen molar-refractivity contribution >= 4 is 24.3 Å². The van der Waals surface area contributed by atoms with Crippen molar-refractivity contribution in [3.05, 3.63) is 5.82 Å². The first-order valence-corrected chi connectivity index (χ1v) is 5.26. The number of nitrogens with zero attached hydrogens (tertiary/aromatic N) is 2. The average molecular weight is 302 g/mol. The van der Waals surface area contributed by atoms with Gasteiger partial charge in [0.05, 0.1) is 5.54 Å². The summed E-state index contributed by atoms with van der Waals surface area (Å²) in [4.78, 5) is 14.8. The molecule has 1 aromatic heterocycles. The molecule has 1 rings (SSSR count). The first-order chi connectivity index (χ1) is 8.16. The number of carbonyl (C=O) groups is 1. The van der Waals surface area contributed by atoms with Crippen LogP contribution in [0.15, 0.2) is 0 Å². The lowest BCUT2D eigenvalue weighted by atomic mass is 9.97. The van der Waals surface area contributed by atoms with Gasteiger partial charge in [-0.25, -0.2) is 0 Å². The minimum absolute atomic E-state index is 0. The van der Waals surface area contributed by atoms with Gasteiger partial charge in [-0.1, -0.05) is 13.3 Å². The quantitative estimate of drug-likeness (QED) is 0.788. The number of amides is 1. The first-order valence-electron chi connectivity index (χ1n) is 5.26. The zero-order valence-corrected chi connectivity index (χ0v) is 11.2. The maximum Gasteiger partial charge on any atom is 0.451 e. The summed E-state index contributed by atoms with van der Waals surface area (Å²) < 4.78 is 36.7. The van der Waals surface area contributed by atoms with E-state index >= 15 is 0 Å². The van der Waals surface area contributed by atoms with Crippen molar-refractivity contribution in [2.45, 2.75) is 38.4 Å². The van der Waals surface area contributed by atoms with Crippen LogP contribution in [0, 0.1) is 0 Å². The number of nitrogens with one attached hydrogen (secondary N) is 2. The van der Waals surface area contributed by atoms with Crippen molar-refractivity contribution in [1.82, 2.24) is 15.2 Å². The molecule has 110 valence electrons. The maximum atomic E-state index is 12.2. The Labute approximate surface area is 113 Å². The molecule has 1 heterocycles. The van der Waals surface area contributed by atoms with Gasteiger partial charge >= 0.3 is 6.18 Å². The largest absolute Gasteiger partial charge is 0.451 e. The van der Waals surface area contributed by atoms with E-state index in [1.54, 1.807) is 5.10 Å². The van der Waals surface area contributed by atoms with Gasteiger partial charge in [-0.05, 0) is 13.3 Å². The third kappa shape index (κ3) is 4.67. The lowest BCUT2D eigenvalue weighted by Crippen LogP contribution is -2.48. The molecule has 1 amide bonds. The molecular weight excluding hydrogens is 287 g/mol. The number of carbonyl (C=O) groups excluding carboxylic acids is 1. The standard InChI is InChI=1S/C9H14F3N5O.ClH/c1-3-4-8(2,13)6(18)15-7-14-5(16-17-7)9(10,11)12;/h3-4,13H2,1-2H3,(H2,14,15,16,17,18);1H. The molecular formula is C9H15ClF3N5O. The number of halogens is 4. The van der Waals surface area contributed by atoms with Gasteiger partial charge in [0.25, 0.3) is 0 Å². The molecule has 0 saturated heterocycles. The molecule has 1 atom stereocenters. The molecule has 0 aliphatic rings. The minimum Gasteiger partial charge on any atom is -0.318 e. The Morgan fingerprint density at radius 1 is 1.47 bits per heavy atom. The monoisotopic (exact) mass is 301 g/mol. The molecule has 0 radical (unpaired) electrons. The Morgan fingerprint density at radius 3 is 2.47 bits per heavy atom. The van der Waals surface area contributed by atoms with E-state index in [0.717, 1.165) is 0 Å². The molecule has 1 unspecified atom stereocenters. The SMILES string of the molecule is CCCC(C)(N)C(=O)Nc1n[nH]c(C(F)(F)F)n1.Cl. The summed E-state index contributed by atoms with van der Waals surface area (Å²) in [5.41, 5.74) is 4.54. The lowest BCUT2D eigenvalue weighted by molar-refractivity contribution is -0.144. The highest BCUT2D eigenvalue weighted by atomic mass is 35.5. The van der Waals surface area contributed by atoms with Crippen LogP contribution in [-0.4, -0.2) is 26.6 Å². The van der Waals surface area contributed by atoms with Crippen molar-refractivity contribution in [2.24, 2.45) is 5.73 Å². The highest BCUT2D eigenvalue weighted by Gasteiger charge is 2.36. The van der Waals surface area contributed by atoms with Crippen LogP contribution in [0.1, 0.15) is 32.5 Å². The summed E-state index contributed by atoms with van der Waals surface area (Å²) in [6.45, 7) is 3.33. The van der Waals surface area contributed by atoms with E-state index in [1.807, 2.05) is 6.92 Å². The maximum absolute atomic E-state index is 12.2. The van der Waals surface area contributed by atoms with E-state index in [9.17, 15) is 18.0 Å². The normalized spacial score (nSPS) is 14.4. The van der Waals surface area contributed by atoms with Crippen molar-refractivity contribution in [3.8, 4) is 0 Å². The smallest absolute Gasteiger partial charge is 0.318 e. The van der Waals surface area contributed by atoms with Crippen LogP contribution in [0.3, 0.4) is 0 Å². The van der Waals surface area contributed by atoms with Crippen LogP contribution >= 0.6 is 12.4 Å². The molecule has 6 nitrogen and oxygen atoms in total. The van der Waals surface area contributed by atoms with E-state index in [4.69, 9.17) is 5.73 Å². The van der Waals surface area contributed by atoms with E-state index in [-0.39, 0.29) is 12.4 Å². The molecule has 0 saturated carbocycles. The van der Waals surface area contributed by atoms with E-state index in [1.165, 1.54) is 6.92 Å². The van der Waals surface area contributed by atoms with Crippen molar-refractivity contribution in [2.75, 3.05) is 5.32 Å². The fourth-order valence-corrected chi connectivity index (χ4v) is 1.32. The predicted octanol–water partition coefficient (Wildman–Crippen LogP) is 1.70. The highest BCUT2D eigenvalue weighted by molar-refractivity contribution is 5.96. The molecule has 0 aliphatic heterocycles. The summed E-state index contributed by atoms with van der Waals surface area (Å²) in [7, 11) is 0. The van der Waals surface area contributed by atoms with Crippen molar-refractivity contribution in [3.63, 3.8) is 0 Å². The van der Waals surface area contributed by atoms with Crippen molar-refractivity contribution < 1.29 is 18.0 Å². The number of hydrogen-bond acceptors (Lipinski definition) is 4. The third-order valence-electron chi connectivity index (χ3n) is 2.27. The second-order valence-corrected chi connectivity index (χ2v) is 4.13. The van der Waals surface area contributed by atoms with E-state index in [2.05, 4.69) is 15.4 Å². The molecule has 0 fully saturated rings. The summed E-state index contributed by atoms with van der Waals surface area (Å²) >= 11 is 0. The molecule has 0 aromatic carbocycles. The Morgan fingerprint density at radius 2 is 2.05 bits per heavy atom. The molecule has 19 heavy (non-hydrogen) atoms. The van der Waals surface area contributed by atoms with Crippen LogP contribution in [-0.2, 0) is 11.0 Å². The zero-order valence-electron chi connectivity index (χ0n) is 10.3. The lowest BCUT2D eigenvalue weighted by Gasteiger charge is -2.21. The fraction of sp³-hybridized carbons (Fsp3) is 0.667. The topological polar surface area (TPSA) is 96.7 Å². The summed E-state index contributed by atoms with van der Waals surface area (Å²) in [6, 6.07) is 0. The number of alkyl halides is 3. The molecule has 0 bridgehead atoms. The third-order valence-corrected chi connectivity index (χ3v) is 2.27. The summed E-state index contributed by atoms with van der Waals surface area (Å²) in [5, 5.41) is 7.09. The van der Waals surface area contributed by atoms with Gasteiger partial charge in [0.15, 0.2) is 0 Å². The van der Waals surface area contributed by atoms with Crippen LogP contribution in [0.25, 0.3) is 0 Å². The number of aromatic nitrogens is 3. The second kappa shape index (κ2) is 6.20. The van der Waals surface area contributed by atoms with Gasteiger partial charge in [0.1, 0.15) is 0 Å². The van der Waals surface area contributed by atoms with Gasteiger partial charge < -0.3 is 5.73 Å². The van der Waals surface area contributed by atoms with Gasteiger partial charge in [-0.3, -0.25) is 15.2 Å². The van der Waals surface area contributed by atoms with Gasteiger partial charge in [-0.15, -0.1) is 17.5 Å². The zero-order chi connectivity index (χ0) is 14.0. The second-order valence-electron chi connectivity index (χ2n) is 4.13. The van der Waals surface area contributed by atoms with Crippen LogP contribution in [0.5, 0.6) is 0 Å². The summed E-state index contributed by atoms with van der Waals surface area (Å²) in [6.07, 6.45) is -3.57. The number of aromatic amines is 1. The first kappa shape index (κ1) is 17.6. The molecule has 0 aliphatic carbocycles. The Bertz CT molecular complexity index is 432. The van der Waals surface area contributed by atoms with E-state index < -0.39 is 29.4 Å². The van der Waals surface area contributed by atoms with Crippen LogP contribution < -0.4 is 11.1 Å². The van der Waals surface area contributed by atoms with E-state index in [0.29, 0.717) is 12.8 Å². The highest BCUT2D eigenvalue weighted by Crippen LogP contribution is 2.26. The van der Waals surface area contributed by atoms with Crippen LogP contribution in [0.4, 0.5) is 19.1 Å². The Balaban J connectivity index is 0.00000324. The molecule has 1 aromatic rings. The average Bonchev–Trinajstić information content (AvgIpc) is 2.65. The number of hydrogen-bond donors (Lipinski definition) is 3.